The smallest absolute Gasteiger partial charge is 0.149 e. The summed E-state index contributed by atoms with van der Waals surface area (Å²) >= 11 is 6.34. The SMILES string of the molecule is COC[C@@H](C)NC1CCC(Nc2cc(-c3cc(NCC4(C#N)CC4)cnc3Cl)c(F)cn2)CC1. The lowest BCUT2D eigenvalue weighted by Gasteiger charge is -2.31. The molecule has 0 spiro atoms. The predicted octanol–water partition coefficient (Wildman–Crippen LogP) is 5.00. The van der Waals surface area contributed by atoms with Crippen LogP contribution in [-0.2, 0) is 4.74 Å². The van der Waals surface area contributed by atoms with Crippen molar-refractivity contribution < 1.29 is 9.13 Å². The van der Waals surface area contributed by atoms with E-state index in [0.717, 1.165) is 38.5 Å². The molecular formula is C25H32ClFN6O. The van der Waals surface area contributed by atoms with Gasteiger partial charge in [-0.25, -0.2) is 14.4 Å². The summed E-state index contributed by atoms with van der Waals surface area (Å²) in [6.07, 6.45) is 8.76. The van der Waals surface area contributed by atoms with Crippen molar-refractivity contribution in [1.29, 1.82) is 5.26 Å². The maximum atomic E-state index is 14.8. The normalized spacial score (nSPS) is 22.0. The monoisotopic (exact) mass is 486 g/mol. The Morgan fingerprint density at radius 3 is 2.59 bits per heavy atom. The standard InChI is InChI=1S/C25H32ClFN6O/c1-16(13-34-2)32-17-3-5-18(6-4-17)33-23-10-20(22(27)12-29-23)21-9-19(11-30-24(21)26)31-15-25(14-28)7-8-25/h9-12,16-18,31-32H,3-8,13,15H2,1-2H3,(H,29,33)/t16-,17?,18?/m1/s1. The number of rotatable bonds is 10. The highest BCUT2D eigenvalue weighted by atomic mass is 35.5. The van der Waals surface area contributed by atoms with Crippen LogP contribution in [0.1, 0.15) is 45.4 Å². The number of hydrogen-bond donors (Lipinski definition) is 3. The molecular weight excluding hydrogens is 455 g/mol. The fraction of sp³-hybridized carbons (Fsp3) is 0.560. The van der Waals surface area contributed by atoms with Crippen LogP contribution in [0, 0.1) is 22.6 Å². The molecule has 0 saturated heterocycles. The van der Waals surface area contributed by atoms with Crippen molar-refractivity contribution in [2.45, 2.75) is 63.6 Å². The van der Waals surface area contributed by atoms with E-state index in [1.807, 2.05) is 0 Å². The first-order chi connectivity index (χ1) is 16.4. The van der Waals surface area contributed by atoms with E-state index in [4.69, 9.17) is 16.3 Å². The number of nitrogens with one attached hydrogen (secondary N) is 3. The van der Waals surface area contributed by atoms with Crippen LogP contribution in [0.4, 0.5) is 15.9 Å². The Labute approximate surface area is 205 Å². The Kier molecular flexibility index (Phi) is 7.87. The maximum absolute atomic E-state index is 14.8. The first-order valence-electron chi connectivity index (χ1n) is 11.9. The lowest BCUT2D eigenvalue weighted by atomic mass is 9.90. The molecule has 3 N–H and O–H groups in total. The number of nitrogens with zero attached hydrogens (tertiary/aromatic N) is 3. The Morgan fingerprint density at radius 1 is 1.18 bits per heavy atom. The number of nitriles is 1. The van der Waals surface area contributed by atoms with E-state index >= 15 is 0 Å². The first kappa shape index (κ1) is 24.6. The van der Waals surface area contributed by atoms with Gasteiger partial charge >= 0.3 is 0 Å². The summed E-state index contributed by atoms with van der Waals surface area (Å²) in [7, 11) is 1.72. The number of hydrogen-bond acceptors (Lipinski definition) is 7. The van der Waals surface area contributed by atoms with Crippen LogP contribution < -0.4 is 16.0 Å². The Balaban J connectivity index is 1.41. The van der Waals surface area contributed by atoms with E-state index in [9.17, 15) is 9.65 Å². The van der Waals surface area contributed by atoms with E-state index in [0.29, 0.717) is 47.9 Å². The molecule has 7 nitrogen and oxygen atoms in total. The van der Waals surface area contributed by atoms with Gasteiger partial charge in [-0.1, -0.05) is 11.6 Å². The van der Waals surface area contributed by atoms with Gasteiger partial charge in [-0.05, 0) is 57.6 Å². The van der Waals surface area contributed by atoms with Gasteiger partial charge in [-0.3, -0.25) is 0 Å². The van der Waals surface area contributed by atoms with Crippen LogP contribution in [0.3, 0.4) is 0 Å². The minimum atomic E-state index is -0.456. The zero-order valence-corrected chi connectivity index (χ0v) is 20.5. The van der Waals surface area contributed by atoms with Gasteiger partial charge in [-0.15, -0.1) is 0 Å². The predicted molar refractivity (Wildman–Crippen MR) is 132 cm³/mol. The molecule has 0 amide bonds. The van der Waals surface area contributed by atoms with E-state index in [1.54, 1.807) is 25.4 Å². The molecule has 0 unspecified atom stereocenters. The summed E-state index contributed by atoms with van der Waals surface area (Å²) < 4.78 is 20.0. The molecule has 0 aromatic carbocycles. The van der Waals surface area contributed by atoms with Gasteiger partial charge in [0.15, 0.2) is 0 Å². The molecule has 9 heteroatoms. The molecule has 0 aliphatic heterocycles. The summed E-state index contributed by atoms with van der Waals surface area (Å²) in [5.41, 5.74) is 1.26. The summed E-state index contributed by atoms with van der Waals surface area (Å²) in [5.74, 6) is 0.165. The van der Waals surface area contributed by atoms with Crippen LogP contribution in [0.25, 0.3) is 11.1 Å². The van der Waals surface area contributed by atoms with Gasteiger partial charge in [0.05, 0.1) is 36.2 Å². The fourth-order valence-electron chi connectivity index (χ4n) is 4.52. The molecule has 2 aromatic heterocycles. The van der Waals surface area contributed by atoms with Gasteiger partial charge in [0.1, 0.15) is 16.8 Å². The van der Waals surface area contributed by atoms with Gasteiger partial charge in [-0.2, -0.15) is 5.26 Å². The summed E-state index contributed by atoms with van der Waals surface area (Å²) in [6, 6.07) is 6.93. The third-order valence-electron chi connectivity index (χ3n) is 6.72. The van der Waals surface area contributed by atoms with Gasteiger partial charge in [0.25, 0.3) is 0 Å². The molecule has 34 heavy (non-hydrogen) atoms. The topological polar surface area (TPSA) is 94.9 Å². The van der Waals surface area contributed by atoms with Gasteiger partial charge in [0, 0.05) is 42.9 Å². The second-order valence-electron chi connectivity index (χ2n) is 9.57. The van der Waals surface area contributed by atoms with E-state index < -0.39 is 5.82 Å². The third-order valence-corrected chi connectivity index (χ3v) is 7.02. The van der Waals surface area contributed by atoms with E-state index in [1.165, 1.54) is 6.20 Å². The highest BCUT2D eigenvalue weighted by molar-refractivity contribution is 6.32. The van der Waals surface area contributed by atoms with Crippen molar-refractivity contribution in [3.8, 4) is 17.2 Å². The minimum Gasteiger partial charge on any atom is -0.383 e. The Morgan fingerprint density at radius 2 is 1.91 bits per heavy atom. The van der Waals surface area contributed by atoms with Crippen molar-refractivity contribution in [2.24, 2.45) is 5.41 Å². The number of ether oxygens (including phenoxy) is 1. The van der Waals surface area contributed by atoms with Crippen molar-refractivity contribution in [3.05, 3.63) is 35.5 Å². The Bertz CT molecular complexity index is 1030. The molecule has 2 aromatic rings. The molecule has 0 bridgehead atoms. The fourth-order valence-corrected chi connectivity index (χ4v) is 4.73. The average Bonchev–Trinajstić information content (AvgIpc) is 3.62. The highest BCUT2D eigenvalue weighted by Gasteiger charge is 2.42. The molecule has 2 aliphatic rings. The largest absolute Gasteiger partial charge is 0.383 e. The lowest BCUT2D eigenvalue weighted by Crippen LogP contribution is -2.42. The molecule has 2 saturated carbocycles. The average molecular weight is 487 g/mol. The van der Waals surface area contributed by atoms with Crippen LogP contribution in [0.2, 0.25) is 5.15 Å². The molecule has 2 aliphatic carbocycles. The van der Waals surface area contributed by atoms with E-state index in [-0.39, 0.29) is 16.6 Å². The zero-order chi connectivity index (χ0) is 24.1. The number of aromatic nitrogens is 2. The third kappa shape index (κ3) is 6.15. The first-order valence-corrected chi connectivity index (χ1v) is 12.3. The molecule has 2 heterocycles. The van der Waals surface area contributed by atoms with Crippen LogP contribution in [-0.4, -0.2) is 48.4 Å². The van der Waals surface area contributed by atoms with Gasteiger partial charge < -0.3 is 20.7 Å². The van der Waals surface area contributed by atoms with E-state index in [2.05, 4.69) is 38.9 Å². The number of pyridine rings is 2. The van der Waals surface area contributed by atoms with Crippen molar-refractivity contribution in [3.63, 3.8) is 0 Å². The van der Waals surface area contributed by atoms with Gasteiger partial charge in [0.2, 0.25) is 0 Å². The van der Waals surface area contributed by atoms with Crippen molar-refractivity contribution in [1.82, 2.24) is 15.3 Å². The quantitative estimate of drug-likeness (QED) is 0.407. The molecule has 182 valence electrons. The summed E-state index contributed by atoms with van der Waals surface area (Å²) in [4.78, 5) is 8.49. The number of halogens is 2. The molecule has 0 radical (unpaired) electrons. The highest BCUT2D eigenvalue weighted by Crippen LogP contribution is 2.45. The van der Waals surface area contributed by atoms with Crippen molar-refractivity contribution in [2.75, 3.05) is 30.9 Å². The summed E-state index contributed by atoms with van der Waals surface area (Å²) in [5, 5.41) is 19.8. The molecule has 4 rings (SSSR count). The molecule has 2 fully saturated rings. The van der Waals surface area contributed by atoms with Crippen LogP contribution >= 0.6 is 11.6 Å². The lowest BCUT2D eigenvalue weighted by molar-refractivity contribution is 0.161. The second-order valence-corrected chi connectivity index (χ2v) is 9.93. The van der Waals surface area contributed by atoms with Crippen molar-refractivity contribution >= 4 is 23.1 Å². The second kappa shape index (κ2) is 10.9. The maximum Gasteiger partial charge on any atom is 0.149 e. The Hall–Kier alpha value is -2.47. The number of methoxy groups -OCH3 is 1. The molecule has 1 atom stereocenters. The van der Waals surface area contributed by atoms with Crippen LogP contribution in [0.15, 0.2) is 24.5 Å². The minimum absolute atomic E-state index is 0.222. The zero-order valence-electron chi connectivity index (χ0n) is 19.7. The number of anilines is 2. The van der Waals surface area contributed by atoms with Crippen LogP contribution in [0.5, 0.6) is 0 Å². The summed E-state index contributed by atoms with van der Waals surface area (Å²) in [6.45, 7) is 3.38.